The van der Waals surface area contributed by atoms with E-state index in [1.807, 2.05) is 0 Å². The van der Waals surface area contributed by atoms with Gasteiger partial charge in [0.2, 0.25) is 5.95 Å². The zero-order valence-electron chi connectivity index (χ0n) is 16.1. The number of aromatic nitrogens is 2. The third-order valence-electron chi connectivity index (χ3n) is 5.42. The molecular weight excluding hydrogens is 499 g/mol. The Labute approximate surface area is 187 Å². The number of aliphatic carboxylic acids is 1. The molecule has 0 aliphatic carbocycles. The minimum absolute atomic E-state index is 0.364. The van der Waals surface area contributed by atoms with Gasteiger partial charge in [-0.3, -0.25) is 0 Å². The summed E-state index contributed by atoms with van der Waals surface area (Å²) in [6, 6.07) is 6.89. The summed E-state index contributed by atoms with van der Waals surface area (Å²) in [5, 5.41) is 11.9. The van der Waals surface area contributed by atoms with Gasteiger partial charge in [-0.05, 0) is 37.4 Å². The molecule has 7 nitrogen and oxygen atoms in total. The van der Waals surface area contributed by atoms with Gasteiger partial charge in [0.1, 0.15) is 0 Å². The van der Waals surface area contributed by atoms with Crippen LogP contribution in [0.25, 0.3) is 20.3 Å². The van der Waals surface area contributed by atoms with Crippen molar-refractivity contribution in [2.75, 3.05) is 30.3 Å². The van der Waals surface area contributed by atoms with E-state index in [0.29, 0.717) is 17.9 Å². The second-order valence-electron chi connectivity index (χ2n) is 7.50. The summed E-state index contributed by atoms with van der Waals surface area (Å²) in [7, 11) is 0. The van der Waals surface area contributed by atoms with Gasteiger partial charge in [0.25, 0.3) is 0 Å². The molecule has 2 atom stereocenters. The maximum Gasteiger partial charge on any atom is 0.490 e. The maximum atomic E-state index is 10.6. The Balaban J connectivity index is 0.000000289. The molecule has 2 aliphatic heterocycles. The van der Waals surface area contributed by atoms with Crippen molar-refractivity contribution in [2.24, 2.45) is 5.92 Å². The molecule has 31 heavy (non-hydrogen) atoms. The van der Waals surface area contributed by atoms with E-state index >= 15 is 0 Å². The van der Waals surface area contributed by atoms with E-state index in [-0.39, 0.29) is 0 Å². The number of carbonyl (C=O) groups is 1. The predicted octanol–water partition coefficient (Wildman–Crippen LogP) is 4.01. The summed E-state index contributed by atoms with van der Waals surface area (Å²) >= 11 is 5.32. The largest absolute Gasteiger partial charge is 0.490 e. The van der Waals surface area contributed by atoms with Crippen LogP contribution >= 0.6 is 27.3 Å². The van der Waals surface area contributed by atoms with E-state index in [9.17, 15) is 13.2 Å². The average molecular weight is 518 g/mol. The molecule has 12 heteroatoms. The third kappa shape index (κ3) is 4.55. The minimum Gasteiger partial charge on any atom is -0.475 e. The molecule has 2 fully saturated rings. The fourth-order valence-electron chi connectivity index (χ4n) is 4.05. The molecule has 2 unspecified atom stereocenters. The average Bonchev–Trinajstić information content (AvgIpc) is 3.28. The predicted molar refractivity (Wildman–Crippen MR) is 117 cm³/mol. The molecule has 4 heterocycles. The number of nitrogens with zero attached hydrogens (tertiary/aromatic N) is 3. The molecule has 0 spiro atoms. The summed E-state index contributed by atoms with van der Waals surface area (Å²) in [6.45, 7) is 3.20. The summed E-state index contributed by atoms with van der Waals surface area (Å²) in [5.41, 5.74) is 7.03. The first-order chi connectivity index (χ1) is 14.6. The lowest BCUT2D eigenvalue weighted by atomic mass is 9.94. The van der Waals surface area contributed by atoms with Gasteiger partial charge in [-0.2, -0.15) is 18.2 Å². The van der Waals surface area contributed by atoms with Crippen molar-refractivity contribution < 1.29 is 23.1 Å². The molecule has 3 aromatic rings. The quantitative estimate of drug-likeness (QED) is 0.447. The first kappa shape index (κ1) is 22.0. The van der Waals surface area contributed by atoms with E-state index in [1.165, 1.54) is 17.5 Å². The molecule has 0 bridgehead atoms. The summed E-state index contributed by atoms with van der Waals surface area (Å²) in [6.07, 6.45) is -2.51. The number of carboxylic acids is 1. The Hall–Kier alpha value is -2.18. The number of nitrogen functional groups attached to an aromatic ring is 1. The molecule has 5 rings (SSSR count). The summed E-state index contributed by atoms with van der Waals surface area (Å²) in [5.74, 6) is -0.671. The molecular formula is C19H19BrF3N5O2S. The number of anilines is 2. The van der Waals surface area contributed by atoms with Crippen LogP contribution in [0.3, 0.4) is 0 Å². The molecule has 0 radical (unpaired) electrons. The van der Waals surface area contributed by atoms with E-state index in [0.717, 1.165) is 45.5 Å². The maximum absolute atomic E-state index is 10.6. The highest BCUT2D eigenvalue weighted by molar-refractivity contribution is 9.10. The molecule has 2 saturated heterocycles. The lowest BCUT2D eigenvalue weighted by Gasteiger charge is -2.24. The molecule has 0 amide bonds. The fourth-order valence-corrected chi connectivity index (χ4v) is 5.76. The minimum atomic E-state index is -5.08. The van der Waals surface area contributed by atoms with Crippen LogP contribution in [0.15, 0.2) is 22.7 Å². The number of halogens is 4. The van der Waals surface area contributed by atoms with Gasteiger partial charge in [0, 0.05) is 33.7 Å². The van der Waals surface area contributed by atoms with Gasteiger partial charge >= 0.3 is 12.1 Å². The second-order valence-corrected chi connectivity index (χ2v) is 9.46. The third-order valence-corrected chi connectivity index (χ3v) is 7.05. The Kier molecular flexibility index (Phi) is 5.97. The molecule has 2 aromatic heterocycles. The van der Waals surface area contributed by atoms with Gasteiger partial charge in [-0.25, -0.2) is 9.78 Å². The van der Waals surface area contributed by atoms with E-state index in [1.54, 1.807) is 11.3 Å². The number of thiophene rings is 1. The van der Waals surface area contributed by atoms with E-state index < -0.39 is 12.1 Å². The van der Waals surface area contributed by atoms with E-state index in [2.05, 4.69) is 54.3 Å². The molecule has 4 N–H and O–H groups in total. The number of piperidine rings is 1. The Morgan fingerprint density at radius 1 is 1.32 bits per heavy atom. The van der Waals surface area contributed by atoms with Crippen molar-refractivity contribution >= 4 is 65.3 Å². The number of benzene rings is 1. The lowest BCUT2D eigenvalue weighted by molar-refractivity contribution is -0.192. The second kappa shape index (κ2) is 8.40. The number of hydrogen-bond acceptors (Lipinski definition) is 7. The highest BCUT2D eigenvalue weighted by Crippen LogP contribution is 2.40. The zero-order valence-corrected chi connectivity index (χ0v) is 18.5. The van der Waals surface area contributed by atoms with Crippen LogP contribution in [0.5, 0.6) is 0 Å². The van der Waals surface area contributed by atoms with Crippen LogP contribution in [0.1, 0.15) is 12.8 Å². The first-order valence-electron chi connectivity index (χ1n) is 9.57. The van der Waals surface area contributed by atoms with E-state index in [4.69, 9.17) is 15.6 Å². The smallest absolute Gasteiger partial charge is 0.475 e. The number of rotatable bonds is 1. The summed E-state index contributed by atoms with van der Waals surface area (Å²) in [4.78, 5) is 20.5. The Morgan fingerprint density at radius 2 is 2.06 bits per heavy atom. The highest BCUT2D eigenvalue weighted by atomic mass is 79.9. The van der Waals surface area contributed by atoms with Crippen molar-refractivity contribution in [3.8, 4) is 0 Å². The lowest BCUT2D eigenvalue weighted by Crippen LogP contribution is -2.40. The van der Waals surface area contributed by atoms with Crippen LogP contribution in [0.4, 0.5) is 24.9 Å². The number of fused-ring (bicyclic) bond motifs is 4. The SMILES string of the molecule is Nc1nc(N2CC3CCCNC3C2)c2sc3cc(Br)ccc3c2n1.O=C(O)C(F)(F)F. The molecule has 1 aromatic carbocycles. The molecule has 0 saturated carbocycles. The molecule has 2 aliphatic rings. The van der Waals surface area contributed by atoms with Crippen LogP contribution in [-0.4, -0.2) is 52.9 Å². The number of hydrogen-bond donors (Lipinski definition) is 3. The van der Waals surface area contributed by atoms with Crippen molar-refractivity contribution in [3.63, 3.8) is 0 Å². The van der Waals surface area contributed by atoms with Crippen LogP contribution in [0, 0.1) is 5.92 Å². The van der Waals surface area contributed by atoms with Gasteiger partial charge < -0.3 is 21.1 Å². The van der Waals surface area contributed by atoms with Gasteiger partial charge in [-0.15, -0.1) is 11.3 Å². The highest BCUT2D eigenvalue weighted by Gasteiger charge is 2.38. The van der Waals surface area contributed by atoms with Gasteiger partial charge in [0.15, 0.2) is 5.82 Å². The Bertz CT molecular complexity index is 1130. The first-order valence-corrected chi connectivity index (χ1v) is 11.2. The molecule has 166 valence electrons. The van der Waals surface area contributed by atoms with Crippen LogP contribution < -0.4 is 16.0 Å². The van der Waals surface area contributed by atoms with Crippen molar-refractivity contribution in [1.82, 2.24) is 15.3 Å². The van der Waals surface area contributed by atoms with Gasteiger partial charge in [-0.1, -0.05) is 22.0 Å². The van der Waals surface area contributed by atoms with Crippen molar-refractivity contribution in [1.29, 1.82) is 0 Å². The standard InChI is InChI=1S/C17H18BrN5S.C2HF3O2/c18-10-3-4-11-13(6-10)24-15-14(11)21-17(19)22-16(15)23-7-9-2-1-5-20-12(9)8-23;3-2(4,5)1(6)7/h3-4,6,9,12,20H,1-2,5,7-8H2,(H2,19,21,22);(H,6,7). The van der Waals surface area contributed by atoms with Crippen molar-refractivity contribution in [2.45, 2.75) is 25.1 Å². The number of alkyl halides is 3. The number of nitrogens with two attached hydrogens (primary N) is 1. The van der Waals surface area contributed by atoms with Crippen molar-refractivity contribution in [3.05, 3.63) is 22.7 Å². The topological polar surface area (TPSA) is 104 Å². The normalized spacial score (nSPS) is 21.1. The zero-order chi connectivity index (χ0) is 22.3. The monoisotopic (exact) mass is 517 g/mol. The van der Waals surface area contributed by atoms with Gasteiger partial charge in [0.05, 0.1) is 10.2 Å². The fraction of sp³-hybridized carbons (Fsp3) is 0.421. The number of carboxylic acid groups (broad SMARTS) is 1. The summed E-state index contributed by atoms with van der Waals surface area (Å²) < 4.78 is 35.2. The number of nitrogens with one attached hydrogen (secondary N) is 1. The Morgan fingerprint density at radius 3 is 2.74 bits per heavy atom. The van der Waals surface area contributed by atoms with Crippen LogP contribution in [-0.2, 0) is 4.79 Å². The van der Waals surface area contributed by atoms with Crippen LogP contribution in [0.2, 0.25) is 0 Å².